The van der Waals surface area contributed by atoms with Gasteiger partial charge in [0.2, 0.25) is 0 Å². The number of ether oxygens (including phenoxy) is 2. The Morgan fingerprint density at radius 3 is 1.47 bits per heavy atom. The molecule has 0 N–H and O–H groups in total. The van der Waals surface area contributed by atoms with Crippen molar-refractivity contribution in [3.63, 3.8) is 0 Å². The van der Waals surface area contributed by atoms with Crippen molar-refractivity contribution in [2.75, 3.05) is 13.2 Å². The first kappa shape index (κ1) is 12.4. The zero-order chi connectivity index (χ0) is 12.9. The van der Waals surface area contributed by atoms with Gasteiger partial charge in [0, 0.05) is 13.2 Å². The molecule has 1 saturated heterocycles. The van der Waals surface area contributed by atoms with Crippen LogP contribution in [0.5, 0.6) is 0 Å². The second kappa shape index (κ2) is 6.00. The molecule has 2 nitrogen and oxygen atoms in total. The molecule has 98 valence electrons. The van der Waals surface area contributed by atoms with Gasteiger partial charge >= 0.3 is 0 Å². The first-order valence-corrected chi connectivity index (χ1v) is 6.78. The minimum absolute atomic E-state index is 0.0221. The van der Waals surface area contributed by atoms with Crippen molar-refractivity contribution >= 4 is 0 Å². The van der Waals surface area contributed by atoms with E-state index in [1.54, 1.807) is 0 Å². The smallest absolute Gasteiger partial charge is 0.113 e. The van der Waals surface area contributed by atoms with E-state index in [-0.39, 0.29) is 12.2 Å². The fraction of sp³-hybridized carbons (Fsp3) is 0.294. The van der Waals surface area contributed by atoms with Gasteiger partial charge in [0.15, 0.2) is 0 Å². The fourth-order valence-electron chi connectivity index (χ4n) is 2.48. The van der Waals surface area contributed by atoms with Crippen LogP contribution in [0.15, 0.2) is 60.7 Å². The molecule has 2 heteroatoms. The van der Waals surface area contributed by atoms with E-state index in [2.05, 4.69) is 24.3 Å². The van der Waals surface area contributed by atoms with Crippen LogP contribution < -0.4 is 0 Å². The van der Waals surface area contributed by atoms with Crippen LogP contribution in [0.3, 0.4) is 0 Å². The molecule has 19 heavy (non-hydrogen) atoms. The van der Waals surface area contributed by atoms with Gasteiger partial charge in [-0.1, -0.05) is 60.7 Å². The van der Waals surface area contributed by atoms with Crippen molar-refractivity contribution in [2.45, 2.75) is 18.6 Å². The SMILES string of the molecule is c1ccc([C@@H]2OCCCO[C@H]2c2ccccc2)cc1. The van der Waals surface area contributed by atoms with E-state index >= 15 is 0 Å². The summed E-state index contributed by atoms with van der Waals surface area (Å²) in [5.74, 6) is 0. The van der Waals surface area contributed by atoms with Crippen LogP contribution >= 0.6 is 0 Å². The fourth-order valence-corrected chi connectivity index (χ4v) is 2.48. The van der Waals surface area contributed by atoms with E-state index in [0.717, 1.165) is 19.6 Å². The van der Waals surface area contributed by atoms with Gasteiger partial charge in [-0.05, 0) is 17.5 Å². The largest absolute Gasteiger partial charge is 0.370 e. The van der Waals surface area contributed by atoms with Gasteiger partial charge in [0.05, 0.1) is 0 Å². The lowest BCUT2D eigenvalue weighted by atomic mass is 9.98. The minimum Gasteiger partial charge on any atom is -0.370 e. The Morgan fingerprint density at radius 1 is 0.632 bits per heavy atom. The summed E-state index contributed by atoms with van der Waals surface area (Å²) in [6.07, 6.45) is 0.907. The molecule has 0 saturated carbocycles. The van der Waals surface area contributed by atoms with Crippen molar-refractivity contribution in [3.05, 3.63) is 71.8 Å². The maximum Gasteiger partial charge on any atom is 0.113 e. The van der Waals surface area contributed by atoms with Crippen LogP contribution in [0.25, 0.3) is 0 Å². The lowest BCUT2D eigenvalue weighted by Crippen LogP contribution is -2.15. The molecule has 2 atom stereocenters. The van der Waals surface area contributed by atoms with E-state index in [1.807, 2.05) is 36.4 Å². The molecule has 2 aromatic carbocycles. The van der Waals surface area contributed by atoms with Crippen LogP contribution in [0.1, 0.15) is 29.8 Å². The van der Waals surface area contributed by atoms with Crippen LogP contribution in [0.4, 0.5) is 0 Å². The maximum atomic E-state index is 6.03. The number of rotatable bonds is 2. The van der Waals surface area contributed by atoms with E-state index in [4.69, 9.17) is 9.47 Å². The summed E-state index contributed by atoms with van der Waals surface area (Å²) in [7, 11) is 0. The Balaban J connectivity index is 1.94. The average molecular weight is 254 g/mol. The maximum absolute atomic E-state index is 6.03. The summed E-state index contributed by atoms with van der Waals surface area (Å²) in [6.45, 7) is 1.51. The summed E-state index contributed by atoms with van der Waals surface area (Å²) < 4.78 is 12.1. The monoisotopic (exact) mass is 254 g/mol. The summed E-state index contributed by atoms with van der Waals surface area (Å²) >= 11 is 0. The molecule has 0 aromatic heterocycles. The number of hydrogen-bond donors (Lipinski definition) is 0. The molecule has 3 rings (SSSR count). The topological polar surface area (TPSA) is 18.5 Å². The minimum atomic E-state index is -0.0221. The summed E-state index contributed by atoms with van der Waals surface area (Å²) in [6, 6.07) is 20.7. The van der Waals surface area contributed by atoms with Crippen molar-refractivity contribution < 1.29 is 9.47 Å². The molecule has 1 heterocycles. The summed E-state index contributed by atoms with van der Waals surface area (Å²) in [4.78, 5) is 0. The third-order valence-electron chi connectivity index (χ3n) is 3.41. The van der Waals surface area contributed by atoms with Crippen molar-refractivity contribution in [2.24, 2.45) is 0 Å². The van der Waals surface area contributed by atoms with Gasteiger partial charge in [-0.2, -0.15) is 0 Å². The molecule has 0 radical (unpaired) electrons. The van der Waals surface area contributed by atoms with Gasteiger partial charge in [-0.3, -0.25) is 0 Å². The Hall–Kier alpha value is -1.64. The number of hydrogen-bond acceptors (Lipinski definition) is 2. The molecule has 0 amide bonds. The third kappa shape index (κ3) is 2.86. The predicted molar refractivity (Wildman–Crippen MR) is 74.9 cm³/mol. The molecule has 1 aliphatic heterocycles. The lowest BCUT2D eigenvalue weighted by Gasteiger charge is -2.25. The summed E-state index contributed by atoms with van der Waals surface area (Å²) in [5, 5.41) is 0. The molecule has 1 fully saturated rings. The van der Waals surface area contributed by atoms with E-state index in [0.29, 0.717) is 0 Å². The zero-order valence-corrected chi connectivity index (χ0v) is 10.9. The first-order chi connectivity index (χ1) is 9.45. The molecular formula is C17H18O2. The number of benzene rings is 2. The van der Waals surface area contributed by atoms with Crippen LogP contribution in [0.2, 0.25) is 0 Å². The Morgan fingerprint density at radius 2 is 1.05 bits per heavy atom. The molecule has 0 aliphatic carbocycles. The van der Waals surface area contributed by atoms with Gasteiger partial charge in [0.25, 0.3) is 0 Å². The molecule has 0 bridgehead atoms. The lowest BCUT2D eigenvalue weighted by molar-refractivity contribution is -0.0397. The third-order valence-corrected chi connectivity index (χ3v) is 3.41. The Bertz CT molecular complexity index is 448. The van der Waals surface area contributed by atoms with Crippen molar-refractivity contribution in [3.8, 4) is 0 Å². The highest BCUT2D eigenvalue weighted by Crippen LogP contribution is 2.36. The Kier molecular flexibility index (Phi) is 3.92. The average Bonchev–Trinajstić information content (AvgIpc) is 2.75. The predicted octanol–water partition coefficient (Wildman–Crippen LogP) is 3.91. The quantitative estimate of drug-likeness (QED) is 0.809. The molecule has 0 spiro atoms. The summed E-state index contributed by atoms with van der Waals surface area (Å²) in [5.41, 5.74) is 2.36. The molecule has 2 aromatic rings. The van der Waals surface area contributed by atoms with Gasteiger partial charge in [0.1, 0.15) is 12.2 Å². The van der Waals surface area contributed by atoms with Crippen molar-refractivity contribution in [1.82, 2.24) is 0 Å². The first-order valence-electron chi connectivity index (χ1n) is 6.78. The van der Waals surface area contributed by atoms with Crippen molar-refractivity contribution in [1.29, 1.82) is 0 Å². The second-order valence-corrected chi connectivity index (χ2v) is 4.76. The second-order valence-electron chi connectivity index (χ2n) is 4.76. The van der Waals surface area contributed by atoms with Gasteiger partial charge in [-0.25, -0.2) is 0 Å². The van der Waals surface area contributed by atoms with Gasteiger partial charge in [-0.15, -0.1) is 0 Å². The van der Waals surface area contributed by atoms with Gasteiger partial charge < -0.3 is 9.47 Å². The molecule has 1 aliphatic rings. The Labute approximate surface area is 114 Å². The molecular weight excluding hydrogens is 236 g/mol. The highest BCUT2D eigenvalue weighted by Gasteiger charge is 2.28. The normalized spacial score (nSPS) is 23.8. The van der Waals surface area contributed by atoms with Crippen LogP contribution in [-0.4, -0.2) is 13.2 Å². The van der Waals surface area contributed by atoms with E-state index in [1.165, 1.54) is 11.1 Å². The molecule has 0 unspecified atom stereocenters. The zero-order valence-electron chi connectivity index (χ0n) is 10.9. The van der Waals surface area contributed by atoms with E-state index in [9.17, 15) is 0 Å². The highest BCUT2D eigenvalue weighted by atomic mass is 16.5. The standard InChI is InChI=1S/C17H18O2/c1-3-8-14(9-4-1)16-17(19-13-7-12-18-16)15-10-5-2-6-11-15/h1-6,8-11,16-17H,7,12-13H2/t16-,17-/m0/s1. The van der Waals surface area contributed by atoms with Crippen LogP contribution in [-0.2, 0) is 9.47 Å². The highest BCUT2D eigenvalue weighted by molar-refractivity contribution is 5.25. The van der Waals surface area contributed by atoms with E-state index < -0.39 is 0 Å². The van der Waals surface area contributed by atoms with Crippen LogP contribution in [0, 0.1) is 0 Å².